The van der Waals surface area contributed by atoms with Gasteiger partial charge in [-0.05, 0) is 0 Å². The third kappa shape index (κ3) is 2.31. The van der Waals surface area contributed by atoms with Gasteiger partial charge in [0.15, 0.2) is 0 Å². The van der Waals surface area contributed by atoms with E-state index < -0.39 is 0 Å². The summed E-state index contributed by atoms with van der Waals surface area (Å²) in [6.45, 7) is 0. The molecule has 0 aliphatic carbocycles. The van der Waals surface area contributed by atoms with Gasteiger partial charge in [0.1, 0.15) is 0 Å². The number of rotatable bonds is 0. The van der Waals surface area contributed by atoms with Crippen molar-refractivity contribution in [2.24, 2.45) is 0 Å². The SMILES string of the molecule is [Cu+].[Si]c1ccccc1. The zero-order valence-electron chi connectivity index (χ0n) is 4.19. The summed E-state index contributed by atoms with van der Waals surface area (Å²) in [4.78, 5) is 0. The molecule has 43 valence electrons. The van der Waals surface area contributed by atoms with Crippen molar-refractivity contribution < 1.29 is 17.1 Å². The van der Waals surface area contributed by atoms with Gasteiger partial charge in [0.2, 0.25) is 0 Å². The Morgan fingerprint density at radius 3 is 1.75 bits per heavy atom. The van der Waals surface area contributed by atoms with Gasteiger partial charge in [0.05, 0.1) is 10.2 Å². The quantitative estimate of drug-likeness (QED) is 0.495. The van der Waals surface area contributed by atoms with Crippen molar-refractivity contribution in [3.05, 3.63) is 30.3 Å². The maximum Gasteiger partial charge on any atom is 1.00 e. The predicted octanol–water partition coefficient (Wildman–Crippen LogP) is 0.478. The van der Waals surface area contributed by atoms with Gasteiger partial charge in [-0.15, -0.1) is 0 Å². The van der Waals surface area contributed by atoms with Crippen LogP contribution in [0.5, 0.6) is 0 Å². The van der Waals surface area contributed by atoms with Crippen LogP contribution in [0.4, 0.5) is 0 Å². The van der Waals surface area contributed by atoms with E-state index in [1.54, 1.807) is 0 Å². The van der Waals surface area contributed by atoms with Crippen molar-refractivity contribution in [3.8, 4) is 0 Å². The summed E-state index contributed by atoms with van der Waals surface area (Å²) in [5.41, 5.74) is 0. The maximum atomic E-state index is 3.36. The van der Waals surface area contributed by atoms with Gasteiger partial charge >= 0.3 is 17.1 Å². The Morgan fingerprint density at radius 1 is 1.00 bits per heavy atom. The second-order valence-electron chi connectivity index (χ2n) is 1.37. The summed E-state index contributed by atoms with van der Waals surface area (Å²) in [7, 11) is 3.36. The summed E-state index contributed by atoms with van der Waals surface area (Å²) >= 11 is 0. The monoisotopic (exact) mass is 168 g/mol. The topological polar surface area (TPSA) is 0 Å². The Kier molecular flexibility index (Phi) is 3.88. The first-order valence-corrected chi connectivity index (χ1v) is 2.66. The Balaban J connectivity index is 0.000000490. The second kappa shape index (κ2) is 3.90. The van der Waals surface area contributed by atoms with Crippen LogP contribution < -0.4 is 5.19 Å². The molecule has 0 amide bonds. The molecule has 8 heavy (non-hydrogen) atoms. The molecule has 0 N–H and O–H groups in total. The summed E-state index contributed by atoms with van der Waals surface area (Å²) in [6.07, 6.45) is 0. The molecule has 0 atom stereocenters. The van der Waals surface area contributed by atoms with E-state index in [2.05, 4.69) is 10.2 Å². The molecule has 0 nitrogen and oxygen atoms in total. The minimum Gasteiger partial charge on any atom is -0.0674 e. The first-order chi connectivity index (χ1) is 3.39. The summed E-state index contributed by atoms with van der Waals surface area (Å²) in [5, 5.41) is 1.13. The van der Waals surface area contributed by atoms with Crippen molar-refractivity contribution in [2.75, 3.05) is 0 Å². The van der Waals surface area contributed by atoms with Crippen molar-refractivity contribution in [2.45, 2.75) is 0 Å². The Bertz CT molecular complexity index is 138. The fourth-order valence-corrected chi connectivity index (χ4v) is 0.631. The van der Waals surface area contributed by atoms with Crippen LogP contribution in [0.2, 0.25) is 0 Å². The molecular formula is C6H5CuSi+. The first kappa shape index (κ1) is 7.96. The molecule has 2 heteroatoms. The minimum atomic E-state index is 0. The molecule has 0 unspecified atom stereocenters. The Morgan fingerprint density at radius 2 is 1.50 bits per heavy atom. The van der Waals surface area contributed by atoms with Gasteiger partial charge in [-0.1, -0.05) is 35.5 Å². The summed E-state index contributed by atoms with van der Waals surface area (Å²) < 4.78 is 0. The van der Waals surface area contributed by atoms with E-state index in [0.29, 0.717) is 0 Å². The largest absolute Gasteiger partial charge is 1.00 e. The molecule has 0 spiro atoms. The molecule has 0 aromatic heterocycles. The molecule has 0 saturated carbocycles. The Hall–Kier alpha value is -0.0436. The molecule has 3 radical (unpaired) electrons. The molecule has 1 aromatic carbocycles. The predicted molar refractivity (Wildman–Crippen MR) is 31.8 cm³/mol. The van der Waals surface area contributed by atoms with Gasteiger partial charge in [-0.2, -0.15) is 0 Å². The number of benzene rings is 1. The van der Waals surface area contributed by atoms with Gasteiger partial charge < -0.3 is 0 Å². The van der Waals surface area contributed by atoms with Gasteiger partial charge in [-0.3, -0.25) is 0 Å². The first-order valence-electron chi connectivity index (χ1n) is 2.16. The minimum absolute atomic E-state index is 0. The van der Waals surface area contributed by atoms with Gasteiger partial charge in [0.25, 0.3) is 0 Å². The van der Waals surface area contributed by atoms with E-state index in [9.17, 15) is 0 Å². The molecule has 0 bridgehead atoms. The zero-order chi connectivity index (χ0) is 5.11. The number of hydrogen-bond donors (Lipinski definition) is 0. The van der Waals surface area contributed by atoms with Crippen LogP contribution in [0, 0.1) is 0 Å². The van der Waals surface area contributed by atoms with Crippen molar-refractivity contribution in [1.82, 2.24) is 0 Å². The molecule has 0 aliphatic heterocycles. The van der Waals surface area contributed by atoms with E-state index in [1.165, 1.54) is 0 Å². The molecule has 0 fully saturated rings. The summed E-state index contributed by atoms with van der Waals surface area (Å²) in [6, 6.07) is 9.96. The van der Waals surface area contributed by atoms with Crippen LogP contribution in [-0.2, 0) is 17.1 Å². The zero-order valence-corrected chi connectivity index (χ0v) is 6.13. The molecule has 0 saturated heterocycles. The fraction of sp³-hybridized carbons (Fsp3) is 0. The summed E-state index contributed by atoms with van der Waals surface area (Å²) in [5.74, 6) is 0. The molecule has 0 heterocycles. The van der Waals surface area contributed by atoms with E-state index in [0.717, 1.165) is 5.19 Å². The molecule has 1 aromatic rings. The Labute approximate surface area is 63.2 Å². The van der Waals surface area contributed by atoms with Crippen LogP contribution in [0.15, 0.2) is 30.3 Å². The van der Waals surface area contributed by atoms with E-state index >= 15 is 0 Å². The van der Waals surface area contributed by atoms with Crippen LogP contribution in [-0.4, -0.2) is 10.2 Å². The maximum absolute atomic E-state index is 3.36. The van der Waals surface area contributed by atoms with Crippen molar-refractivity contribution in [1.29, 1.82) is 0 Å². The number of hydrogen-bond acceptors (Lipinski definition) is 0. The van der Waals surface area contributed by atoms with Crippen molar-refractivity contribution >= 4 is 15.4 Å². The average molecular weight is 169 g/mol. The normalized spacial score (nSPS) is 7.62. The van der Waals surface area contributed by atoms with Crippen LogP contribution in [0.1, 0.15) is 0 Å². The second-order valence-corrected chi connectivity index (χ2v) is 1.94. The van der Waals surface area contributed by atoms with Crippen LogP contribution in [0.25, 0.3) is 0 Å². The third-order valence-corrected chi connectivity index (χ3v) is 1.11. The third-order valence-electron chi connectivity index (χ3n) is 0.774. The smallest absolute Gasteiger partial charge is 0.0674 e. The van der Waals surface area contributed by atoms with Gasteiger partial charge in [-0.25, -0.2) is 0 Å². The standard InChI is InChI=1S/C6H5Si.Cu/c7-6-4-2-1-3-5-6;/h1-5H;/q;+1. The van der Waals surface area contributed by atoms with E-state index in [-0.39, 0.29) is 17.1 Å². The van der Waals surface area contributed by atoms with E-state index in [4.69, 9.17) is 0 Å². The van der Waals surface area contributed by atoms with Crippen LogP contribution in [0.3, 0.4) is 0 Å². The van der Waals surface area contributed by atoms with Gasteiger partial charge in [0, 0.05) is 0 Å². The van der Waals surface area contributed by atoms with E-state index in [1.807, 2.05) is 30.3 Å². The fourth-order valence-electron chi connectivity index (χ4n) is 0.438. The van der Waals surface area contributed by atoms with Crippen molar-refractivity contribution in [3.63, 3.8) is 0 Å². The average Bonchev–Trinajstić information content (AvgIpc) is 1.69. The molecule has 0 aliphatic rings. The molecule has 1 rings (SSSR count). The van der Waals surface area contributed by atoms with Crippen LogP contribution >= 0.6 is 0 Å². The molecular weight excluding hydrogens is 164 g/mol.